The van der Waals surface area contributed by atoms with Crippen molar-refractivity contribution in [3.8, 4) is 17.2 Å². The summed E-state index contributed by atoms with van der Waals surface area (Å²) in [5.74, 6) is 0.726. The highest BCUT2D eigenvalue weighted by atomic mass is 35.5. The van der Waals surface area contributed by atoms with Gasteiger partial charge < -0.3 is 14.6 Å². The van der Waals surface area contributed by atoms with E-state index >= 15 is 0 Å². The van der Waals surface area contributed by atoms with Crippen molar-refractivity contribution in [2.24, 2.45) is 4.99 Å². The zero-order chi connectivity index (χ0) is 16.4. The van der Waals surface area contributed by atoms with Crippen LogP contribution in [0.2, 0.25) is 5.02 Å². The highest BCUT2D eigenvalue weighted by Crippen LogP contribution is 2.35. The Labute approximate surface area is 135 Å². The van der Waals surface area contributed by atoms with Crippen LogP contribution in [-0.2, 0) is 0 Å². The van der Waals surface area contributed by atoms with E-state index in [1.165, 1.54) is 12.3 Å². The molecule has 23 heavy (non-hydrogen) atoms. The second-order valence-electron chi connectivity index (χ2n) is 4.71. The van der Waals surface area contributed by atoms with Crippen LogP contribution in [0.25, 0.3) is 0 Å². The number of benzene rings is 2. The van der Waals surface area contributed by atoms with Gasteiger partial charge in [0.2, 0.25) is 5.75 Å². The topological polar surface area (TPSA) is 94.2 Å². The Bertz CT molecular complexity index is 807. The molecule has 7 nitrogen and oxygen atoms in total. The Morgan fingerprint density at radius 1 is 1.22 bits per heavy atom. The maximum atomic E-state index is 10.9. The fourth-order valence-electron chi connectivity index (χ4n) is 2.10. The van der Waals surface area contributed by atoms with E-state index in [-0.39, 0.29) is 10.6 Å². The molecule has 118 valence electrons. The van der Waals surface area contributed by atoms with Crippen molar-refractivity contribution in [2.45, 2.75) is 0 Å². The molecule has 0 fully saturated rings. The van der Waals surface area contributed by atoms with Crippen LogP contribution in [0.4, 0.5) is 11.4 Å². The molecule has 0 aromatic heterocycles. The minimum absolute atomic E-state index is 0.137. The first-order chi connectivity index (χ1) is 11.0. The third kappa shape index (κ3) is 3.19. The van der Waals surface area contributed by atoms with Crippen LogP contribution >= 0.6 is 11.6 Å². The predicted octanol–water partition coefficient (Wildman–Crippen LogP) is 3.48. The van der Waals surface area contributed by atoms with Crippen LogP contribution in [0.3, 0.4) is 0 Å². The molecule has 0 unspecified atom stereocenters. The second-order valence-corrected chi connectivity index (χ2v) is 5.14. The molecule has 2 aromatic rings. The van der Waals surface area contributed by atoms with Gasteiger partial charge in [-0.3, -0.25) is 15.1 Å². The monoisotopic (exact) mass is 334 g/mol. The number of aromatic hydroxyl groups is 1. The predicted molar refractivity (Wildman–Crippen MR) is 84.5 cm³/mol. The molecule has 1 N–H and O–H groups in total. The molecule has 0 saturated carbocycles. The summed E-state index contributed by atoms with van der Waals surface area (Å²) in [6.07, 6.45) is 1.31. The van der Waals surface area contributed by atoms with E-state index in [0.717, 1.165) is 6.07 Å². The molecule has 1 heterocycles. The molecular weight excluding hydrogens is 324 g/mol. The van der Waals surface area contributed by atoms with Crippen LogP contribution in [0, 0.1) is 10.1 Å². The van der Waals surface area contributed by atoms with E-state index in [2.05, 4.69) is 4.99 Å². The van der Waals surface area contributed by atoms with Gasteiger partial charge in [-0.05, 0) is 18.2 Å². The summed E-state index contributed by atoms with van der Waals surface area (Å²) in [5.41, 5.74) is 0.233. The molecule has 8 heteroatoms. The summed E-state index contributed by atoms with van der Waals surface area (Å²) in [6, 6.07) is 7.59. The van der Waals surface area contributed by atoms with Crippen molar-refractivity contribution in [2.75, 3.05) is 13.2 Å². The maximum absolute atomic E-state index is 10.9. The minimum Gasteiger partial charge on any atom is -0.502 e. The first-order valence-electron chi connectivity index (χ1n) is 6.65. The molecule has 0 spiro atoms. The number of fused-ring (bicyclic) bond motifs is 1. The molecule has 0 radical (unpaired) electrons. The molecule has 0 saturated heterocycles. The second kappa shape index (κ2) is 6.13. The number of halogens is 1. The van der Waals surface area contributed by atoms with Crippen LogP contribution in [0.15, 0.2) is 35.3 Å². The third-order valence-corrected chi connectivity index (χ3v) is 3.38. The van der Waals surface area contributed by atoms with E-state index in [4.69, 9.17) is 21.1 Å². The third-order valence-electron chi connectivity index (χ3n) is 3.16. The van der Waals surface area contributed by atoms with Gasteiger partial charge >= 0.3 is 5.69 Å². The number of nitro benzene ring substituents is 1. The van der Waals surface area contributed by atoms with Gasteiger partial charge in [0.05, 0.1) is 10.6 Å². The molecule has 3 rings (SSSR count). The summed E-state index contributed by atoms with van der Waals surface area (Å²) in [6.45, 7) is 0.955. The highest BCUT2D eigenvalue weighted by Gasteiger charge is 2.18. The normalized spacial score (nSPS) is 13.3. The van der Waals surface area contributed by atoms with Gasteiger partial charge in [0.15, 0.2) is 11.5 Å². The maximum Gasteiger partial charge on any atom is 0.312 e. The molecule has 0 atom stereocenters. The van der Waals surface area contributed by atoms with Gasteiger partial charge in [-0.1, -0.05) is 11.6 Å². The lowest BCUT2D eigenvalue weighted by Gasteiger charge is -2.18. The Morgan fingerprint density at radius 2 is 1.96 bits per heavy atom. The summed E-state index contributed by atoms with van der Waals surface area (Å²) in [5, 5.41) is 20.9. The van der Waals surface area contributed by atoms with E-state index in [0.29, 0.717) is 30.4 Å². The van der Waals surface area contributed by atoms with Gasteiger partial charge in [-0.2, -0.15) is 0 Å². The van der Waals surface area contributed by atoms with E-state index in [1.807, 2.05) is 0 Å². The first kappa shape index (κ1) is 15.1. The van der Waals surface area contributed by atoms with Crippen molar-refractivity contribution < 1.29 is 19.5 Å². The number of rotatable bonds is 3. The van der Waals surface area contributed by atoms with Crippen molar-refractivity contribution in [1.29, 1.82) is 0 Å². The Kier molecular flexibility index (Phi) is 4.03. The smallest absolute Gasteiger partial charge is 0.312 e. The molecule has 0 aliphatic carbocycles. The number of phenols is 1. The van der Waals surface area contributed by atoms with E-state index in [1.54, 1.807) is 18.2 Å². The van der Waals surface area contributed by atoms with Crippen molar-refractivity contribution in [1.82, 2.24) is 0 Å². The average Bonchev–Trinajstić information content (AvgIpc) is 2.55. The van der Waals surface area contributed by atoms with E-state index in [9.17, 15) is 15.2 Å². The fraction of sp³-hybridized carbons (Fsp3) is 0.133. The lowest BCUT2D eigenvalue weighted by Crippen LogP contribution is -2.14. The fourth-order valence-corrected chi connectivity index (χ4v) is 2.32. The minimum atomic E-state index is -0.706. The quantitative estimate of drug-likeness (QED) is 0.527. The number of hydrogen-bond donors (Lipinski definition) is 1. The molecule has 2 aromatic carbocycles. The van der Waals surface area contributed by atoms with Crippen molar-refractivity contribution in [3.05, 3.63) is 51.0 Å². The number of nitrogens with zero attached hydrogens (tertiary/aromatic N) is 2. The zero-order valence-electron chi connectivity index (χ0n) is 11.7. The zero-order valence-corrected chi connectivity index (χ0v) is 12.5. The number of phenolic OH excluding ortho intramolecular Hbond substituents is 1. The number of aliphatic imine (C=N–C) groups is 1. The van der Waals surface area contributed by atoms with Gasteiger partial charge in [0.25, 0.3) is 0 Å². The summed E-state index contributed by atoms with van der Waals surface area (Å²) < 4.78 is 10.9. The number of nitro groups is 1. The van der Waals surface area contributed by atoms with Crippen molar-refractivity contribution >= 4 is 29.2 Å². The van der Waals surface area contributed by atoms with Gasteiger partial charge in [-0.15, -0.1) is 0 Å². The van der Waals surface area contributed by atoms with Gasteiger partial charge in [0, 0.05) is 28.9 Å². The van der Waals surface area contributed by atoms with Crippen LogP contribution < -0.4 is 9.47 Å². The van der Waals surface area contributed by atoms with Crippen LogP contribution in [-0.4, -0.2) is 29.5 Å². The largest absolute Gasteiger partial charge is 0.502 e. The lowest BCUT2D eigenvalue weighted by molar-refractivity contribution is -0.385. The summed E-state index contributed by atoms with van der Waals surface area (Å²) in [7, 11) is 0. The molecule has 0 amide bonds. The summed E-state index contributed by atoms with van der Waals surface area (Å²) >= 11 is 5.83. The lowest BCUT2D eigenvalue weighted by atomic mass is 10.2. The Balaban J connectivity index is 1.92. The molecule has 1 aliphatic rings. The van der Waals surface area contributed by atoms with E-state index < -0.39 is 16.4 Å². The van der Waals surface area contributed by atoms with Gasteiger partial charge in [0.1, 0.15) is 13.2 Å². The standard InChI is InChI=1S/C15H11ClN2O5/c16-10-5-9(15(19)12(6-10)18(20)21)8-17-11-1-2-13-14(7-11)23-4-3-22-13/h1-2,5-8,19H,3-4H2. The summed E-state index contributed by atoms with van der Waals surface area (Å²) in [4.78, 5) is 14.4. The molecule has 1 aliphatic heterocycles. The molecule has 0 bridgehead atoms. The highest BCUT2D eigenvalue weighted by molar-refractivity contribution is 6.31. The van der Waals surface area contributed by atoms with Crippen molar-refractivity contribution in [3.63, 3.8) is 0 Å². The van der Waals surface area contributed by atoms with Crippen LogP contribution in [0.5, 0.6) is 17.2 Å². The SMILES string of the molecule is O=[N+]([O-])c1cc(Cl)cc(C=Nc2ccc3c(c2)OCCO3)c1O. The number of ether oxygens (including phenoxy) is 2. The first-order valence-corrected chi connectivity index (χ1v) is 7.03. The average molecular weight is 335 g/mol. The molecular formula is C15H11ClN2O5. The van der Waals surface area contributed by atoms with Gasteiger partial charge in [-0.25, -0.2) is 0 Å². The number of hydrogen-bond acceptors (Lipinski definition) is 6. The van der Waals surface area contributed by atoms with Crippen LogP contribution in [0.1, 0.15) is 5.56 Å². The Hall–Kier alpha value is -2.80. The Morgan fingerprint density at radius 3 is 2.70 bits per heavy atom.